The van der Waals surface area contributed by atoms with Gasteiger partial charge in [0.05, 0.1) is 0 Å². The monoisotopic (exact) mass is 377 g/mol. The number of hydrogen-bond donors (Lipinski definition) is 1. The molecular formula is C18H17F2N3O2S. The first kappa shape index (κ1) is 18.2. The van der Waals surface area contributed by atoms with Crippen molar-refractivity contribution in [3.8, 4) is 5.75 Å². The molecule has 0 radical (unpaired) electrons. The number of hydrogen-bond acceptors (Lipinski definition) is 5. The SMILES string of the molecule is CC(C)(C)c1cnc2sc(COc3ccc(F)c(C(N)=O)c3F)nc2c1. The first-order chi connectivity index (χ1) is 12.2. The number of nitrogens with two attached hydrogens (primary N) is 1. The third-order valence-electron chi connectivity index (χ3n) is 3.81. The van der Waals surface area contributed by atoms with Crippen LogP contribution in [-0.4, -0.2) is 15.9 Å². The lowest BCUT2D eigenvalue weighted by atomic mass is 9.88. The van der Waals surface area contributed by atoms with E-state index in [1.807, 2.05) is 12.3 Å². The number of carbonyl (C=O) groups is 1. The molecule has 2 heterocycles. The molecule has 0 unspecified atom stereocenters. The van der Waals surface area contributed by atoms with E-state index in [1.54, 1.807) is 0 Å². The molecule has 2 N–H and O–H groups in total. The molecule has 0 saturated heterocycles. The van der Waals surface area contributed by atoms with E-state index in [-0.39, 0.29) is 17.8 Å². The van der Waals surface area contributed by atoms with Crippen molar-refractivity contribution < 1.29 is 18.3 Å². The van der Waals surface area contributed by atoms with Crippen LogP contribution in [0.5, 0.6) is 5.75 Å². The van der Waals surface area contributed by atoms with Crippen LogP contribution in [-0.2, 0) is 12.0 Å². The Morgan fingerprint density at radius 2 is 2.04 bits per heavy atom. The second-order valence-electron chi connectivity index (χ2n) is 6.79. The second kappa shape index (κ2) is 6.60. The van der Waals surface area contributed by atoms with Gasteiger partial charge in [0.15, 0.2) is 11.6 Å². The number of benzene rings is 1. The van der Waals surface area contributed by atoms with E-state index < -0.39 is 23.1 Å². The molecule has 1 aromatic carbocycles. The molecule has 5 nitrogen and oxygen atoms in total. The van der Waals surface area contributed by atoms with Gasteiger partial charge in [-0.3, -0.25) is 4.79 Å². The number of fused-ring (bicyclic) bond motifs is 1. The van der Waals surface area contributed by atoms with Crippen molar-refractivity contribution in [2.75, 3.05) is 0 Å². The Balaban J connectivity index is 1.84. The van der Waals surface area contributed by atoms with Crippen molar-refractivity contribution in [3.05, 3.63) is 52.2 Å². The fourth-order valence-electron chi connectivity index (χ4n) is 2.35. The standard InChI is InChI=1S/C18H17F2N3O2S/c1-18(2,3)9-6-11-17(22-7-9)26-13(23-11)8-25-12-5-4-10(19)14(15(12)20)16(21)24/h4-7H,8H2,1-3H3,(H2,21,24). The van der Waals surface area contributed by atoms with Crippen LogP contribution in [0.25, 0.3) is 10.3 Å². The van der Waals surface area contributed by atoms with Crippen molar-refractivity contribution in [1.82, 2.24) is 9.97 Å². The summed E-state index contributed by atoms with van der Waals surface area (Å²) in [5, 5.41) is 0.586. The highest BCUT2D eigenvalue weighted by atomic mass is 32.1. The molecule has 0 atom stereocenters. The van der Waals surface area contributed by atoms with Crippen LogP contribution in [0.4, 0.5) is 8.78 Å². The van der Waals surface area contributed by atoms with Gasteiger partial charge >= 0.3 is 0 Å². The average Bonchev–Trinajstić information content (AvgIpc) is 2.95. The number of primary amides is 1. The molecule has 0 bridgehead atoms. The van der Waals surface area contributed by atoms with Crippen molar-refractivity contribution >= 4 is 27.6 Å². The molecule has 2 aromatic heterocycles. The minimum atomic E-state index is -1.19. The highest BCUT2D eigenvalue weighted by Crippen LogP contribution is 2.28. The molecule has 3 aromatic rings. The zero-order chi connectivity index (χ0) is 19.1. The average molecular weight is 377 g/mol. The van der Waals surface area contributed by atoms with E-state index in [0.717, 1.165) is 28.0 Å². The molecule has 1 amide bonds. The number of amides is 1. The van der Waals surface area contributed by atoms with Gasteiger partial charge in [-0.15, -0.1) is 0 Å². The first-order valence-corrected chi connectivity index (χ1v) is 8.65. The summed E-state index contributed by atoms with van der Waals surface area (Å²) in [4.78, 5) is 20.8. The normalized spacial score (nSPS) is 11.7. The predicted molar refractivity (Wildman–Crippen MR) is 95.3 cm³/mol. The van der Waals surface area contributed by atoms with E-state index >= 15 is 0 Å². The maximum Gasteiger partial charge on any atom is 0.254 e. The van der Waals surface area contributed by atoms with Crippen molar-refractivity contribution in [3.63, 3.8) is 0 Å². The number of rotatable bonds is 4. The lowest BCUT2D eigenvalue weighted by Gasteiger charge is -2.17. The number of carbonyl (C=O) groups excluding carboxylic acids is 1. The van der Waals surface area contributed by atoms with Crippen LogP contribution in [0.15, 0.2) is 24.4 Å². The summed E-state index contributed by atoms with van der Waals surface area (Å²) in [5.41, 5.74) is 5.92. The van der Waals surface area contributed by atoms with Crippen molar-refractivity contribution in [1.29, 1.82) is 0 Å². The van der Waals surface area contributed by atoms with Gasteiger partial charge in [-0.05, 0) is 29.2 Å². The summed E-state index contributed by atoms with van der Waals surface area (Å²) in [5.74, 6) is -3.60. The van der Waals surface area contributed by atoms with Gasteiger partial charge < -0.3 is 10.5 Å². The maximum atomic E-state index is 14.2. The predicted octanol–water partition coefficient (Wildman–Crippen LogP) is 3.94. The molecule has 0 saturated carbocycles. The molecule has 8 heteroatoms. The molecular weight excluding hydrogens is 360 g/mol. The lowest BCUT2D eigenvalue weighted by Crippen LogP contribution is -2.16. The van der Waals surface area contributed by atoms with Gasteiger partial charge in [0.2, 0.25) is 0 Å². The van der Waals surface area contributed by atoms with Crippen LogP contribution in [0.3, 0.4) is 0 Å². The molecule has 0 aliphatic carbocycles. The molecule has 0 spiro atoms. The van der Waals surface area contributed by atoms with Gasteiger partial charge in [-0.1, -0.05) is 32.1 Å². The molecule has 0 aliphatic rings. The quantitative estimate of drug-likeness (QED) is 0.747. The minimum Gasteiger partial charge on any atom is -0.483 e. The Morgan fingerprint density at radius 1 is 1.31 bits per heavy atom. The number of nitrogens with zero attached hydrogens (tertiary/aromatic N) is 2. The third kappa shape index (κ3) is 3.50. The van der Waals surface area contributed by atoms with Crippen LogP contribution >= 0.6 is 11.3 Å². The van der Waals surface area contributed by atoms with Crippen molar-refractivity contribution in [2.45, 2.75) is 32.8 Å². The molecule has 3 rings (SSSR count). The van der Waals surface area contributed by atoms with Crippen LogP contribution in [0, 0.1) is 11.6 Å². The summed E-state index contributed by atoms with van der Waals surface area (Å²) in [7, 11) is 0. The molecule has 0 aliphatic heterocycles. The van der Waals surface area contributed by atoms with Crippen LogP contribution < -0.4 is 10.5 Å². The van der Waals surface area contributed by atoms with Gasteiger partial charge in [-0.25, -0.2) is 18.7 Å². The number of aromatic nitrogens is 2. The smallest absolute Gasteiger partial charge is 0.254 e. The van der Waals surface area contributed by atoms with E-state index in [9.17, 15) is 13.6 Å². The molecule has 26 heavy (non-hydrogen) atoms. The summed E-state index contributed by atoms with van der Waals surface area (Å²) >= 11 is 1.32. The zero-order valence-corrected chi connectivity index (χ0v) is 15.3. The fraction of sp³-hybridized carbons (Fsp3) is 0.278. The highest BCUT2D eigenvalue weighted by Gasteiger charge is 2.20. The van der Waals surface area contributed by atoms with Crippen LogP contribution in [0.1, 0.15) is 41.7 Å². The Morgan fingerprint density at radius 3 is 2.69 bits per heavy atom. The third-order valence-corrected chi connectivity index (χ3v) is 4.76. The van der Waals surface area contributed by atoms with E-state index in [4.69, 9.17) is 10.5 Å². The summed E-state index contributed by atoms with van der Waals surface area (Å²) in [6.07, 6.45) is 1.81. The largest absolute Gasteiger partial charge is 0.483 e. The summed E-state index contributed by atoms with van der Waals surface area (Å²) in [6.45, 7) is 6.21. The first-order valence-electron chi connectivity index (χ1n) is 7.83. The van der Waals surface area contributed by atoms with E-state index in [0.29, 0.717) is 5.01 Å². The zero-order valence-electron chi connectivity index (χ0n) is 14.5. The number of thiazole rings is 1. The maximum absolute atomic E-state index is 14.2. The Kier molecular flexibility index (Phi) is 4.62. The highest BCUT2D eigenvalue weighted by molar-refractivity contribution is 7.18. The van der Waals surface area contributed by atoms with Gasteiger partial charge in [0, 0.05) is 6.20 Å². The molecule has 136 valence electrons. The Labute approximate surface area is 152 Å². The number of pyridine rings is 1. The Hall–Kier alpha value is -2.61. The molecule has 0 fully saturated rings. The summed E-state index contributed by atoms with van der Waals surface area (Å²) in [6, 6.07) is 4.01. The van der Waals surface area contributed by atoms with Crippen LogP contribution in [0.2, 0.25) is 0 Å². The van der Waals surface area contributed by atoms with Crippen molar-refractivity contribution in [2.24, 2.45) is 5.73 Å². The minimum absolute atomic E-state index is 0.0351. The second-order valence-corrected chi connectivity index (χ2v) is 7.86. The van der Waals surface area contributed by atoms with Gasteiger partial charge in [0.25, 0.3) is 5.91 Å². The van der Waals surface area contributed by atoms with Gasteiger partial charge in [-0.2, -0.15) is 0 Å². The van der Waals surface area contributed by atoms with Gasteiger partial charge in [0.1, 0.15) is 33.3 Å². The number of halogens is 2. The Bertz CT molecular complexity index is 996. The summed E-state index contributed by atoms with van der Waals surface area (Å²) < 4.78 is 33.0. The topological polar surface area (TPSA) is 78.1 Å². The van der Waals surface area contributed by atoms with E-state index in [2.05, 4.69) is 30.7 Å². The number of ether oxygens (including phenoxy) is 1. The van der Waals surface area contributed by atoms with E-state index in [1.165, 1.54) is 11.3 Å². The lowest BCUT2D eigenvalue weighted by molar-refractivity contribution is 0.0991. The fourth-order valence-corrected chi connectivity index (χ4v) is 3.15.